The van der Waals surface area contributed by atoms with E-state index in [4.69, 9.17) is 0 Å². The van der Waals surface area contributed by atoms with Crippen molar-refractivity contribution in [1.29, 1.82) is 0 Å². The average Bonchev–Trinajstić information content (AvgIpc) is 2.71. The molecule has 2 nitrogen and oxygen atoms in total. The summed E-state index contributed by atoms with van der Waals surface area (Å²) in [6.07, 6.45) is 6.51. The van der Waals surface area contributed by atoms with Crippen LogP contribution in [0.15, 0.2) is 36.4 Å². The number of imidazole rings is 1. The Kier molecular flexibility index (Phi) is 3.03. The summed E-state index contributed by atoms with van der Waals surface area (Å²) < 4.78 is 0. The molecule has 1 aliphatic rings. The van der Waals surface area contributed by atoms with E-state index in [1.54, 1.807) is 11.1 Å². The third kappa shape index (κ3) is 2.35. The first kappa shape index (κ1) is 12.6. The number of aromatic nitrogens is 2. The van der Waals surface area contributed by atoms with Gasteiger partial charge in [-0.05, 0) is 67.0 Å². The highest BCUT2D eigenvalue weighted by Crippen LogP contribution is 2.28. The first-order chi connectivity index (χ1) is 10.3. The zero-order chi connectivity index (χ0) is 14.2. The van der Waals surface area contributed by atoms with Crippen LogP contribution in [0, 0.1) is 6.92 Å². The van der Waals surface area contributed by atoms with Gasteiger partial charge >= 0.3 is 0 Å². The number of fused-ring (bicyclic) bond motifs is 2. The third-order valence-electron chi connectivity index (χ3n) is 4.53. The lowest BCUT2D eigenvalue weighted by atomic mass is 9.96. The van der Waals surface area contributed by atoms with Crippen LogP contribution >= 0.6 is 0 Å². The predicted octanol–water partition coefficient (Wildman–Crippen LogP) is 5.05. The summed E-state index contributed by atoms with van der Waals surface area (Å²) in [4.78, 5) is 7.80. The molecule has 108 valence electrons. The lowest BCUT2D eigenvalue weighted by Gasteiger charge is -2.09. The van der Waals surface area contributed by atoms with Crippen LogP contribution in [0.25, 0.3) is 22.2 Å². The van der Waals surface area contributed by atoms with Crippen molar-refractivity contribution in [2.45, 2.75) is 39.0 Å². The van der Waals surface area contributed by atoms with Crippen LogP contribution in [-0.4, -0.2) is 9.97 Å². The minimum atomic E-state index is 0. The van der Waals surface area contributed by atoms with E-state index in [9.17, 15) is 0 Å². The largest absolute Gasteiger partial charge is 0.342 e. The summed E-state index contributed by atoms with van der Waals surface area (Å²) in [6.45, 7) is 2.00. The van der Waals surface area contributed by atoms with Crippen molar-refractivity contribution in [3.63, 3.8) is 0 Å². The van der Waals surface area contributed by atoms with Crippen molar-refractivity contribution in [2.75, 3.05) is 0 Å². The molecule has 4 rings (SSSR count). The van der Waals surface area contributed by atoms with Crippen molar-refractivity contribution >= 4 is 11.0 Å². The zero-order valence-corrected chi connectivity index (χ0v) is 12.4. The lowest BCUT2D eigenvalue weighted by Crippen LogP contribution is -1.91. The minimum absolute atomic E-state index is 0. The molecule has 0 amide bonds. The molecule has 0 saturated carbocycles. The van der Waals surface area contributed by atoms with Gasteiger partial charge in [0.15, 0.2) is 0 Å². The number of nitrogens with zero attached hydrogens (tertiary/aromatic N) is 1. The maximum Gasteiger partial charge on any atom is 0.104 e. The number of aryl methyl sites for hydroxylation is 3. The van der Waals surface area contributed by atoms with E-state index in [1.165, 1.54) is 43.2 Å². The standard InChI is InChI=1S/C19H20N2.H2/c1-13-20-18-10-9-17(12-19(18)21-13)16-8-7-14-5-3-2-4-6-15(14)11-16;/h7-12H,2-6H2,1H3,(H,20,21);1H. The zero-order valence-electron chi connectivity index (χ0n) is 12.4. The van der Waals surface area contributed by atoms with Gasteiger partial charge < -0.3 is 4.98 Å². The molecule has 1 aliphatic carbocycles. The molecular formula is C19H22N2. The molecule has 0 spiro atoms. The Morgan fingerprint density at radius 2 is 1.67 bits per heavy atom. The summed E-state index contributed by atoms with van der Waals surface area (Å²) in [5.74, 6) is 0.976. The minimum Gasteiger partial charge on any atom is -0.342 e. The molecule has 0 fully saturated rings. The second-order valence-electron chi connectivity index (χ2n) is 6.10. The lowest BCUT2D eigenvalue weighted by molar-refractivity contribution is 0.711. The number of aromatic amines is 1. The van der Waals surface area contributed by atoms with Crippen molar-refractivity contribution in [2.24, 2.45) is 0 Å². The Labute approximate surface area is 126 Å². The molecule has 0 saturated heterocycles. The van der Waals surface area contributed by atoms with Crippen molar-refractivity contribution < 1.29 is 1.43 Å². The normalized spacial score (nSPS) is 14.9. The number of hydrogen-bond donors (Lipinski definition) is 1. The maximum atomic E-state index is 4.48. The van der Waals surface area contributed by atoms with Gasteiger partial charge in [0.25, 0.3) is 0 Å². The topological polar surface area (TPSA) is 28.7 Å². The molecule has 2 heteroatoms. The van der Waals surface area contributed by atoms with Crippen LogP contribution in [0.4, 0.5) is 0 Å². The van der Waals surface area contributed by atoms with Crippen LogP contribution in [0.3, 0.4) is 0 Å². The average molecular weight is 278 g/mol. The number of H-pyrrole nitrogens is 1. The van der Waals surface area contributed by atoms with Gasteiger partial charge in [-0.3, -0.25) is 0 Å². The molecule has 3 aromatic rings. The summed E-state index contributed by atoms with van der Waals surface area (Å²) in [5, 5.41) is 0. The molecule has 1 aromatic heterocycles. The number of benzene rings is 2. The van der Waals surface area contributed by atoms with Gasteiger partial charge in [-0.25, -0.2) is 4.98 Å². The quantitative estimate of drug-likeness (QED) is 0.620. The van der Waals surface area contributed by atoms with Gasteiger partial charge in [0.1, 0.15) is 5.82 Å². The summed E-state index contributed by atoms with van der Waals surface area (Å²) in [5.41, 5.74) is 7.87. The number of nitrogens with one attached hydrogen (secondary N) is 1. The van der Waals surface area contributed by atoms with Crippen LogP contribution < -0.4 is 0 Å². The highest BCUT2D eigenvalue weighted by atomic mass is 14.9. The Bertz CT molecular complexity index is 804. The molecule has 21 heavy (non-hydrogen) atoms. The van der Waals surface area contributed by atoms with E-state index >= 15 is 0 Å². The van der Waals surface area contributed by atoms with E-state index in [-0.39, 0.29) is 1.43 Å². The maximum absolute atomic E-state index is 4.48. The van der Waals surface area contributed by atoms with Crippen LogP contribution in [0.5, 0.6) is 0 Å². The van der Waals surface area contributed by atoms with Crippen LogP contribution in [0.2, 0.25) is 0 Å². The number of hydrogen-bond acceptors (Lipinski definition) is 1. The van der Waals surface area contributed by atoms with Crippen molar-refractivity contribution in [1.82, 2.24) is 9.97 Å². The first-order valence-corrected chi connectivity index (χ1v) is 7.88. The Morgan fingerprint density at radius 1 is 0.905 bits per heavy atom. The van der Waals surface area contributed by atoms with Crippen LogP contribution in [0.1, 0.15) is 37.6 Å². The highest BCUT2D eigenvalue weighted by Gasteiger charge is 2.10. The molecule has 0 aliphatic heterocycles. The Morgan fingerprint density at radius 3 is 2.57 bits per heavy atom. The van der Waals surface area contributed by atoms with E-state index in [2.05, 4.69) is 46.4 Å². The molecule has 0 radical (unpaired) electrons. The van der Waals surface area contributed by atoms with E-state index in [1.807, 2.05) is 6.92 Å². The smallest absolute Gasteiger partial charge is 0.104 e. The SMILES string of the molecule is Cc1nc2ccc(-c3ccc4c(c3)CCCCC4)cc2[nH]1.[HH]. The summed E-state index contributed by atoms with van der Waals surface area (Å²) >= 11 is 0. The Balaban J connectivity index is 0.00000144. The summed E-state index contributed by atoms with van der Waals surface area (Å²) in [6, 6.07) is 13.5. The van der Waals surface area contributed by atoms with Gasteiger partial charge in [0.2, 0.25) is 0 Å². The molecule has 0 bridgehead atoms. The first-order valence-electron chi connectivity index (χ1n) is 7.88. The highest BCUT2D eigenvalue weighted by molar-refractivity contribution is 5.82. The van der Waals surface area contributed by atoms with Crippen molar-refractivity contribution in [3.05, 3.63) is 53.3 Å². The van der Waals surface area contributed by atoms with Gasteiger partial charge in [-0.15, -0.1) is 0 Å². The molecule has 1 N–H and O–H groups in total. The second kappa shape index (κ2) is 5.03. The van der Waals surface area contributed by atoms with Gasteiger partial charge in [-0.2, -0.15) is 0 Å². The summed E-state index contributed by atoms with van der Waals surface area (Å²) in [7, 11) is 0. The van der Waals surface area contributed by atoms with Gasteiger partial charge in [0, 0.05) is 1.43 Å². The van der Waals surface area contributed by atoms with Crippen molar-refractivity contribution in [3.8, 4) is 11.1 Å². The molecule has 0 atom stereocenters. The molecule has 2 aromatic carbocycles. The number of rotatable bonds is 1. The fourth-order valence-electron chi connectivity index (χ4n) is 3.41. The third-order valence-corrected chi connectivity index (χ3v) is 4.53. The Hall–Kier alpha value is -2.09. The molecular weight excluding hydrogens is 256 g/mol. The fraction of sp³-hybridized carbons (Fsp3) is 0.316. The fourth-order valence-corrected chi connectivity index (χ4v) is 3.41. The van der Waals surface area contributed by atoms with Gasteiger partial charge in [0.05, 0.1) is 11.0 Å². The van der Waals surface area contributed by atoms with Gasteiger partial charge in [-0.1, -0.05) is 30.7 Å². The van der Waals surface area contributed by atoms with E-state index < -0.39 is 0 Å². The molecule has 0 unspecified atom stereocenters. The van der Waals surface area contributed by atoms with Crippen LogP contribution in [-0.2, 0) is 12.8 Å². The predicted molar refractivity (Wildman–Crippen MR) is 89.6 cm³/mol. The molecule has 1 heterocycles. The monoisotopic (exact) mass is 278 g/mol. The second-order valence-corrected chi connectivity index (χ2v) is 6.10. The van der Waals surface area contributed by atoms with E-state index in [0.717, 1.165) is 16.9 Å². The van der Waals surface area contributed by atoms with E-state index in [0.29, 0.717) is 0 Å².